The van der Waals surface area contributed by atoms with Crippen molar-refractivity contribution in [1.82, 2.24) is 5.32 Å². The second kappa shape index (κ2) is 7.94. The normalized spacial score (nSPS) is 12.2. The number of hydrogen-bond acceptors (Lipinski definition) is 3. The molecule has 0 aliphatic rings. The van der Waals surface area contributed by atoms with Crippen LogP contribution in [-0.4, -0.2) is 24.4 Å². The van der Waals surface area contributed by atoms with Crippen molar-refractivity contribution in [3.05, 3.63) is 65.2 Å². The Morgan fingerprint density at radius 3 is 2.22 bits per heavy atom. The molecule has 0 fully saturated rings. The highest BCUT2D eigenvalue weighted by Gasteiger charge is 2.11. The Balaban J connectivity index is 1.74. The molecule has 23 heavy (non-hydrogen) atoms. The standard InChI is InChI=1S/C16H15F4NO2/c17-11-1-3-13(4-2-11)23-9-12(22)8-21-7-10-5-14(18)16(20)15(19)6-10/h1-6,12,21-22H,7-9H2. The summed E-state index contributed by atoms with van der Waals surface area (Å²) >= 11 is 0. The molecule has 2 aromatic rings. The van der Waals surface area contributed by atoms with Gasteiger partial charge in [0.15, 0.2) is 17.5 Å². The first kappa shape index (κ1) is 17.2. The summed E-state index contributed by atoms with van der Waals surface area (Å²) < 4.78 is 56.8. The fraction of sp³-hybridized carbons (Fsp3) is 0.250. The van der Waals surface area contributed by atoms with Crippen LogP contribution in [0.2, 0.25) is 0 Å². The summed E-state index contributed by atoms with van der Waals surface area (Å²) in [4.78, 5) is 0. The van der Waals surface area contributed by atoms with Crippen molar-refractivity contribution in [3.8, 4) is 5.75 Å². The van der Waals surface area contributed by atoms with Crippen molar-refractivity contribution >= 4 is 0 Å². The third-order valence-corrected chi connectivity index (χ3v) is 3.01. The molecule has 0 amide bonds. The van der Waals surface area contributed by atoms with Crippen LogP contribution in [0.25, 0.3) is 0 Å². The van der Waals surface area contributed by atoms with Gasteiger partial charge in [-0.05, 0) is 42.0 Å². The smallest absolute Gasteiger partial charge is 0.194 e. The molecule has 0 saturated carbocycles. The molecule has 1 atom stereocenters. The van der Waals surface area contributed by atoms with Gasteiger partial charge >= 0.3 is 0 Å². The van der Waals surface area contributed by atoms with Crippen LogP contribution in [0.5, 0.6) is 5.75 Å². The van der Waals surface area contributed by atoms with Crippen LogP contribution in [0.15, 0.2) is 36.4 Å². The molecular formula is C16H15F4NO2. The summed E-state index contributed by atoms with van der Waals surface area (Å²) in [5, 5.41) is 12.5. The Bertz CT molecular complexity index is 626. The van der Waals surface area contributed by atoms with Gasteiger partial charge in [-0.2, -0.15) is 0 Å². The summed E-state index contributed by atoms with van der Waals surface area (Å²) in [6.07, 6.45) is -0.879. The van der Waals surface area contributed by atoms with Crippen molar-refractivity contribution < 1.29 is 27.4 Å². The van der Waals surface area contributed by atoms with E-state index in [1.807, 2.05) is 0 Å². The lowest BCUT2D eigenvalue weighted by Gasteiger charge is -2.13. The minimum atomic E-state index is -1.51. The first-order chi connectivity index (χ1) is 11.0. The predicted molar refractivity (Wildman–Crippen MR) is 75.9 cm³/mol. The van der Waals surface area contributed by atoms with Crippen molar-refractivity contribution in [2.24, 2.45) is 0 Å². The van der Waals surface area contributed by atoms with Gasteiger partial charge in [-0.3, -0.25) is 0 Å². The van der Waals surface area contributed by atoms with Gasteiger partial charge in [0, 0.05) is 13.1 Å². The maximum Gasteiger partial charge on any atom is 0.194 e. The topological polar surface area (TPSA) is 41.5 Å². The number of rotatable bonds is 7. The summed E-state index contributed by atoms with van der Waals surface area (Å²) in [6, 6.07) is 7.09. The lowest BCUT2D eigenvalue weighted by atomic mass is 10.2. The first-order valence-corrected chi connectivity index (χ1v) is 6.86. The lowest BCUT2D eigenvalue weighted by molar-refractivity contribution is 0.106. The Kier molecular flexibility index (Phi) is 5.95. The zero-order valence-corrected chi connectivity index (χ0v) is 12.0. The van der Waals surface area contributed by atoms with E-state index in [0.29, 0.717) is 5.75 Å². The third kappa shape index (κ3) is 5.22. The summed E-state index contributed by atoms with van der Waals surface area (Å²) in [6.45, 7) is 0.119. The van der Waals surface area contributed by atoms with Crippen LogP contribution in [0.4, 0.5) is 17.6 Å². The summed E-state index contributed by atoms with van der Waals surface area (Å²) in [5.41, 5.74) is 0.216. The van der Waals surface area contributed by atoms with E-state index in [0.717, 1.165) is 12.1 Å². The Morgan fingerprint density at radius 2 is 1.61 bits per heavy atom. The molecule has 0 aromatic heterocycles. The van der Waals surface area contributed by atoms with Crippen LogP contribution >= 0.6 is 0 Å². The van der Waals surface area contributed by atoms with E-state index in [4.69, 9.17) is 4.74 Å². The highest BCUT2D eigenvalue weighted by atomic mass is 19.2. The van der Waals surface area contributed by atoms with Crippen molar-refractivity contribution in [2.75, 3.05) is 13.2 Å². The minimum Gasteiger partial charge on any atom is -0.491 e. The molecule has 1 unspecified atom stereocenters. The summed E-state index contributed by atoms with van der Waals surface area (Å²) in [7, 11) is 0. The molecule has 2 N–H and O–H groups in total. The quantitative estimate of drug-likeness (QED) is 0.606. The Labute approximate surface area is 130 Å². The van der Waals surface area contributed by atoms with E-state index in [1.165, 1.54) is 24.3 Å². The Hall–Kier alpha value is -2.12. The molecule has 2 rings (SSSR count). The highest BCUT2D eigenvalue weighted by molar-refractivity contribution is 5.22. The van der Waals surface area contributed by atoms with Gasteiger partial charge in [0.25, 0.3) is 0 Å². The van der Waals surface area contributed by atoms with Crippen LogP contribution in [0.3, 0.4) is 0 Å². The van der Waals surface area contributed by atoms with E-state index in [9.17, 15) is 22.7 Å². The van der Waals surface area contributed by atoms with Gasteiger partial charge in [0.05, 0.1) is 0 Å². The van der Waals surface area contributed by atoms with Crippen molar-refractivity contribution in [1.29, 1.82) is 0 Å². The van der Waals surface area contributed by atoms with Crippen LogP contribution in [0, 0.1) is 23.3 Å². The van der Waals surface area contributed by atoms with Gasteiger partial charge < -0.3 is 15.2 Å². The fourth-order valence-corrected chi connectivity index (χ4v) is 1.88. The molecule has 0 bridgehead atoms. The number of halogens is 4. The van der Waals surface area contributed by atoms with Gasteiger partial charge in [0.2, 0.25) is 0 Å². The highest BCUT2D eigenvalue weighted by Crippen LogP contribution is 2.13. The lowest BCUT2D eigenvalue weighted by Crippen LogP contribution is -2.31. The average Bonchev–Trinajstić information content (AvgIpc) is 2.52. The molecule has 7 heteroatoms. The molecule has 0 saturated heterocycles. The van der Waals surface area contributed by atoms with Crippen molar-refractivity contribution in [3.63, 3.8) is 0 Å². The van der Waals surface area contributed by atoms with E-state index >= 15 is 0 Å². The first-order valence-electron chi connectivity index (χ1n) is 6.86. The maximum absolute atomic E-state index is 13.0. The van der Waals surface area contributed by atoms with Gasteiger partial charge in [0.1, 0.15) is 24.3 Å². The molecule has 0 aliphatic heterocycles. The van der Waals surface area contributed by atoms with Gasteiger partial charge in [-0.25, -0.2) is 17.6 Å². The Morgan fingerprint density at radius 1 is 1.00 bits per heavy atom. The van der Waals surface area contributed by atoms with Crippen LogP contribution < -0.4 is 10.1 Å². The third-order valence-electron chi connectivity index (χ3n) is 3.01. The predicted octanol–water partition coefficient (Wildman–Crippen LogP) is 2.77. The van der Waals surface area contributed by atoms with Gasteiger partial charge in [-0.1, -0.05) is 0 Å². The molecule has 0 aliphatic carbocycles. The molecule has 124 valence electrons. The number of benzene rings is 2. The van der Waals surface area contributed by atoms with E-state index in [2.05, 4.69) is 5.32 Å². The second-order valence-corrected chi connectivity index (χ2v) is 4.92. The van der Waals surface area contributed by atoms with E-state index in [1.54, 1.807) is 0 Å². The maximum atomic E-state index is 13.0. The average molecular weight is 329 g/mol. The van der Waals surface area contributed by atoms with Gasteiger partial charge in [-0.15, -0.1) is 0 Å². The number of aliphatic hydroxyl groups is 1. The molecule has 2 aromatic carbocycles. The van der Waals surface area contributed by atoms with Crippen LogP contribution in [0.1, 0.15) is 5.56 Å². The number of ether oxygens (including phenoxy) is 1. The minimum absolute atomic E-state index is 0.0369. The van der Waals surface area contributed by atoms with Crippen LogP contribution in [-0.2, 0) is 6.54 Å². The monoisotopic (exact) mass is 329 g/mol. The molecule has 0 heterocycles. The second-order valence-electron chi connectivity index (χ2n) is 4.92. The van der Waals surface area contributed by atoms with E-state index in [-0.39, 0.29) is 25.3 Å². The van der Waals surface area contributed by atoms with Crippen molar-refractivity contribution in [2.45, 2.75) is 12.6 Å². The number of nitrogens with one attached hydrogen (secondary N) is 1. The SMILES string of the molecule is OC(CNCc1cc(F)c(F)c(F)c1)COc1ccc(F)cc1. The molecule has 0 radical (unpaired) electrons. The largest absolute Gasteiger partial charge is 0.491 e. The molecule has 3 nitrogen and oxygen atoms in total. The van der Waals surface area contributed by atoms with E-state index < -0.39 is 29.4 Å². The number of hydrogen-bond donors (Lipinski definition) is 2. The summed E-state index contributed by atoms with van der Waals surface area (Å²) in [5.74, 6) is -4.02. The fourth-order valence-electron chi connectivity index (χ4n) is 1.88. The molecule has 0 spiro atoms. The zero-order chi connectivity index (χ0) is 16.8. The zero-order valence-electron chi connectivity index (χ0n) is 12.0. The number of aliphatic hydroxyl groups excluding tert-OH is 1. The molecular weight excluding hydrogens is 314 g/mol.